The largest absolute Gasteiger partial charge is 0.339 e. The minimum atomic E-state index is 0. The van der Waals surface area contributed by atoms with Crippen molar-refractivity contribution in [3.05, 3.63) is 21.9 Å². The number of carbonyl (C=O) groups is 2. The molecule has 0 radical (unpaired) electrons. The predicted molar refractivity (Wildman–Crippen MR) is 108 cm³/mol. The summed E-state index contributed by atoms with van der Waals surface area (Å²) in [6.07, 6.45) is 6.36. The Morgan fingerprint density at radius 2 is 1.69 bits per heavy atom. The monoisotopic (exact) mass is 399 g/mol. The number of nitrogens with zero attached hydrogens (tertiary/aromatic N) is 2. The molecule has 3 rings (SSSR count). The van der Waals surface area contributed by atoms with Crippen LogP contribution >= 0.6 is 23.7 Å². The van der Waals surface area contributed by atoms with Crippen LogP contribution < -0.4 is 5.73 Å². The van der Waals surface area contributed by atoms with Crippen LogP contribution in [0.2, 0.25) is 0 Å². The summed E-state index contributed by atoms with van der Waals surface area (Å²) in [4.78, 5) is 31.0. The minimum Gasteiger partial charge on any atom is -0.339 e. The second-order valence-corrected chi connectivity index (χ2v) is 8.81. The van der Waals surface area contributed by atoms with E-state index in [0.717, 1.165) is 22.6 Å². The second-order valence-electron chi connectivity index (χ2n) is 7.52. The van der Waals surface area contributed by atoms with Crippen LogP contribution in [0.1, 0.15) is 53.1 Å². The number of piperazine rings is 1. The lowest BCUT2D eigenvalue weighted by Gasteiger charge is -2.39. The molecule has 0 unspecified atom stereocenters. The molecule has 1 saturated heterocycles. The van der Waals surface area contributed by atoms with E-state index in [1.165, 1.54) is 30.6 Å². The second kappa shape index (κ2) is 9.20. The third kappa shape index (κ3) is 4.78. The van der Waals surface area contributed by atoms with Crippen molar-refractivity contribution in [3.8, 4) is 0 Å². The third-order valence-electron chi connectivity index (χ3n) is 5.74. The Kier molecular flexibility index (Phi) is 7.50. The van der Waals surface area contributed by atoms with E-state index in [4.69, 9.17) is 5.73 Å². The summed E-state index contributed by atoms with van der Waals surface area (Å²) in [5, 5.41) is 0. The Labute approximate surface area is 166 Å². The molecule has 1 aromatic heterocycles. The number of hydrogen-bond acceptors (Lipinski definition) is 4. The number of hydrogen-bond donors (Lipinski definition) is 1. The molecule has 0 aromatic carbocycles. The molecule has 26 heavy (non-hydrogen) atoms. The molecule has 1 aromatic rings. The van der Waals surface area contributed by atoms with Crippen LogP contribution in [0, 0.1) is 12.3 Å². The predicted octanol–water partition coefficient (Wildman–Crippen LogP) is 3.06. The number of aryl methyl sites for hydroxylation is 1. The summed E-state index contributed by atoms with van der Waals surface area (Å²) in [5.74, 6) is 0.308. The van der Waals surface area contributed by atoms with Crippen LogP contribution in [-0.2, 0) is 4.79 Å². The molecule has 2 aliphatic rings. The number of thiophene rings is 1. The molecule has 1 aliphatic carbocycles. The summed E-state index contributed by atoms with van der Waals surface area (Å²) in [7, 11) is 0. The van der Waals surface area contributed by atoms with Gasteiger partial charge in [-0.2, -0.15) is 0 Å². The number of rotatable bonds is 4. The van der Waals surface area contributed by atoms with Crippen molar-refractivity contribution in [1.82, 2.24) is 9.80 Å². The first-order valence-corrected chi connectivity index (χ1v) is 10.2. The molecular formula is C19H30ClN3O2S. The van der Waals surface area contributed by atoms with E-state index in [2.05, 4.69) is 0 Å². The Hall–Kier alpha value is -1.11. The summed E-state index contributed by atoms with van der Waals surface area (Å²) < 4.78 is 0. The van der Waals surface area contributed by atoms with Crippen LogP contribution in [0.25, 0.3) is 0 Å². The van der Waals surface area contributed by atoms with Crippen LogP contribution in [-0.4, -0.2) is 54.3 Å². The van der Waals surface area contributed by atoms with Crippen LogP contribution in [0.5, 0.6) is 0 Å². The van der Waals surface area contributed by atoms with Gasteiger partial charge >= 0.3 is 0 Å². The van der Waals surface area contributed by atoms with Crippen molar-refractivity contribution in [3.63, 3.8) is 0 Å². The highest BCUT2D eigenvalue weighted by molar-refractivity contribution is 7.13. The zero-order valence-electron chi connectivity index (χ0n) is 15.5. The highest BCUT2D eigenvalue weighted by atomic mass is 35.5. The van der Waals surface area contributed by atoms with Gasteiger partial charge in [-0.1, -0.05) is 19.3 Å². The molecule has 7 heteroatoms. The van der Waals surface area contributed by atoms with E-state index >= 15 is 0 Å². The van der Waals surface area contributed by atoms with Gasteiger partial charge in [0.2, 0.25) is 5.91 Å². The van der Waals surface area contributed by atoms with Gasteiger partial charge in [0.05, 0.1) is 4.88 Å². The number of halogens is 1. The fourth-order valence-corrected chi connectivity index (χ4v) is 4.89. The summed E-state index contributed by atoms with van der Waals surface area (Å²) in [6.45, 7) is 5.13. The fraction of sp³-hybridized carbons (Fsp3) is 0.684. The van der Waals surface area contributed by atoms with Crippen molar-refractivity contribution < 1.29 is 9.59 Å². The van der Waals surface area contributed by atoms with Crippen molar-refractivity contribution >= 4 is 35.6 Å². The summed E-state index contributed by atoms with van der Waals surface area (Å²) in [5.41, 5.74) is 6.03. The molecule has 0 atom stereocenters. The van der Waals surface area contributed by atoms with E-state index in [1.807, 2.05) is 28.9 Å². The van der Waals surface area contributed by atoms with E-state index in [0.29, 0.717) is 39.1 Å². The molecule has 146 valence electrons. The molecule has 2 amide bonds. The minimum absolute atomic E-state index is 0. The van der Waals surface area contributed by atoms with Gasteiger partial charge in [0, 0.05) is 37.5 Å². The lowest BCUT2D eigenvalue weighted by atomic mass is 9.71. The van der Waals surface area contributed by atoms with Crippen molar-refractivity contribution in [1.29, 1.82) is 0 Å². The molecule has 2 heterocycles. The molecule has 2 N–H and O–H groups in total. The molecule has 1 saturated carbocycles. The fourth-order valence-electron chi connectivity index (χ4n) is 4.05. The van der Waals surface area contributed by atoms with Crippen molar-refractivity contribution in [2.75, 3.05) is 32.7 Å². The summed E-state index contributed by atoms with van der Waals surface area (Å²) in [6, 6.07) is 3.88. The SMILES string of the molecule is Cc1ccc(C(=O)N2CCN(C(=O)CC3(CN)CCCCC3)CC2)s1.Cl. The quantitative estimate of drug-likeness (QED) is 0.846. The van der Waals surface area contributed by atoms with E-state index in [9.17, 15) is 9.59 Å². The third-order valence-corrected chi connectivity index (χ3v) is 6.73. The van der Waals surface area contributed by atoms with E-state index in [1.54, 1.807) is 0 Å². The number of amides is 2. The van der Waals surface area contributed by atoms with Gasteiger partial charge in [-0.3, -0.25) is 9.59 Å². The van der Waals surface area contributed by atoms with Crippen LogP contribution in [0.4, 0.5) is 0 Å². The first-order valence-electron chi connectivity index (χ1n) is 9.37. The lowest BCUT2D eigenvalue weighted by molar-refractivity contribution is -0.135. The summed E-state index contributed by atoms with van der Waals surface area (Å²) >= 11 is 1.54. The Balaban J connectivity index is 0.00000243. The van der Waals surface area contributed by atoms with Crippen molar-refractivity contribution in [2.45, 2.75) is 45.4 Å². The average Bonchev–Trinajstić information content (AvgIpc) is 3.08. The number of carbonyl (C=O) groups excluding carboxylic acids is 2. The highest BCUT2D eigenvalue weighted by Gasteiger charge is 2.35. The Morgan fingerprint density at radius 1 is 1.08 bits per heavy atom. The molecule has 2 fully saturated rings. The van der Waals surface area contributed by atoms with Crippen molar-refractivity contribution in [2.24, 2.45) is 11.1 Å². The molecular weight excluding hydrogens is 370 g/mol. The zero-order chi connectivity index (χ0) is 17.9. The first kappa shape index (κ1) is 21.2. The van der Waals surface area contributed by atoms with Gasteiger partial charge in [-0.25, -0.2) is 0 Å². The molecule has 0 spiro atoms. The normalized spacial score (nSPS) is 19.8. The average molecular weight is 400 g/mol. The molecule has 0 bridgehead atoms. The molecule has 5 nitrogen and oxygen atoms in total. The maximum absolute atomic E-state index is 12.7. The Bertz CT molecular complexity index is 620. The molecule has 1 aliphatic heterocycles. The lowest BCUT2D eigenvalue weighted by Crippen LogP contribution is -2.51. The van der Waals surface area contributed by atoms with Gasteiger partial charge in [-0.15, -0.1) is 23.7 Å². The van der Waals surface area contributed by atoms with Gasteiger partial charge in [0.15, 0.2) is 0 Å². The standard InChI is InChI=1S/C19H29N3O2S.ClH/c1-15-5-6-16(25-15)18(24)22-11-9-21(10-12-22)17(23)13-19(14-20)7-3-2-4-8-19;/h5-6H,2-4,7-14,20H2,1H3;1H. The number of nitrogens with two attached hydrogens (primary N) is 1. The van der Waals surface area contributed by atoms with E-state index in [-0.39, 0.29) is 29.6 Å². The maximum Gasteiger partial charge on any atom is 0.264 e. The first-order chi connectivity index (χ1) is 12.0. The van der Waals surface area contributed by atoms with Gasteiger partial charge < -0.3 is 15.5 Å². The van der Waals surface area contributed by atoms with E-state index < -0.39 is 0 Å². The Morgan fingerprint density at radius 3 is 2.23 bits per heavy atom. The topological polar surface area (TPSA) is 66.6 Å². The van der Waals surface area contributed by atoms with Gasteiger partial charge in [0.1, 0.15) is 0 Å². The van der Waals surface area contributed by atoms with Crippen LogP contribution in [0.15, 0.2) is 12.1 Å². The highest BCUT2D eigenvalue weighted by Crippen LogP contribution is 2.38. The van der Waals surface area contributed by atoms with Gasteiger partial charge in [-0.05, 0) is 43.9 Å². The zero-order valence-corrected chi connectivity index (χ0v) is 17.2. The van der Waals surface area contributed by atoms with Gasteiger partial charge in [0.25, 0.3) is 5.91 Å². The maximum atomic E-state index is 12.7. The smallest absolute Gasteiger partial charge is 0.264 e. The van der Waals surface area contributed by atoms with Crippen LogP contribution in [0.3, 0.4) is 0 Å².